The molecule has 0 aromatic heterocycles. The van der Waals surface area contributed by atoms with Crippen LogP contribution in [0.4, 0.5) is 17.1 Å². The molecule has 94 valence electrons. The molecular weight excluding hydrogens is 220 g/mol. The van der Waals surface area contributed by atoms with Gasteiger partial charge in [-0.3, -0.25) is 0 Å². The molecule has 0 aliphatic heterocycles. The van der Waals surface area contributed by atoms with E-state index >= 15 is 0 Å². The van der Waals surface area contributed by atoms with Gasteiger partial charge in [0, 0.05) is 24.1 Å². The van der Waals surface area contributed by atoms with Crippen molar-refractivity contribution in [2.45, 2.75) is 20.3 Å². The number of hydrogen-bond donors (Lipinski definition) is 2. The van der Waals surface area contributed by atoms with Crippen LogP contribution in [-0.4, -0.2) is 7.05 Å². The average Bonchev–Trinajstić information content (AvgIpc) is 2.42. The van der Waals surface area contributed by atoms with Gasteiger partial charge in [-0.1, -0.05) is 25.1 Å². The normalized spacial score (nSPS) is 10.2. The molecule has 0 unspecified atom stereocenters. The molecule has 0 saturated carbocycles. The molecule has 2 rings (SSSR count). The van der Waals surface area contributed by atoms with Crippen molar-refractivity contribution in [3.8, 4) is 0 Å². The van der Waals surface area contributed by atoms with Crippen molar-refractivity contribution in [3.63, 3.8) is 0 Å². The van der Waals surface area contributed by atoms with Gasteiger partial charge in [0.2, 0.25) is 0 Å². The molecule has 2 aromatic rings. The first kappa shape index (κ1) is 12.5. The second-order valence-electron chi connectivity index (χ2n) is 4.41. The van der Waals surface area contributed by atoms with Crippen LogP contribution in [-0.2, 0) is 6.42 Å². The minimum absolute atomic E-state index is 1.04. The highest BCUT2D eigenvalue weighted by atomic mass is 14.9. The fourth-order valence-electron chi connectivity index (χ4n) is 2.07. The van der Waals surface area contributed by atoms with E-state index in [4.69, 9.17) is 0 Å². The fourth-order valence-corrected chi connectivity index (χ4v) is 2.07. The Hall–Kier alpha value is -1.96. The van der Waals surface area contributed by atoms with Gasteiger partial charge in [0.1, 0.15) is 0 Å². The zero-order valence-corrected chi connectivity index (χ0v) is 11.2. The zero-order valence-electron chi connectivity index (χ0n) is 11.2. The van der Waals surface area contributed by atoms with E-state index in [1.807, 2.05) is 7.05 Å². The maximum atomic E-state index is 3.52. The molecule has 0 atom stereocenters. The predicted molar refractivity (Wildman–Crippen MR) is 79.8 cm³/mol. The summed E-state index contributed by atoms with van der Waals surface area (Å²) in [6.07, 6.45) is 1.04. The number of aryl methyl sites for hydroxylation is 2. The van der Waals surface area contributed by atoms with Crippen molar-refractivity contribution in [2.75, 3.05) is 17.7 Å². The highest BCUT2D eigenvalue weighted by molar-refractivity contribution is 5.68. The van der Waals surface area contributed by atoms with Gasteiger partial charge in [-0.2, -0.15) is 0 Å². The molecule has 2 aromatic carbocycles. The molecule has 0 radical (unpaired) electrons. The summed E-state index contributed by atoms with van der Waals surface area (Å²) in [7, 11) is 1.93. The second-order valence-corrected chi connectivity index (χ2v) is 4.41. The van der Waals surface area contributed by atoms with Crippen LogP contribution in [0.5, 0.6) is 0 Å². The van der Waals surface area contributed by atoms with E-state index in [2.05, 4.69) is 66.9 Å². The number of nitrogens with one attached hydrogen (secondary N) is 2. The van der Waals surface area contributed by atoms with E-state index in [9.17, 15) is 0 Å². The minimum atomic E-state index is 1.04. The minimum Gasteiger partial charge on any atom is -0.388 e. The van der Waals surface area contributed by atoms with Crippen LogP contribution < -0.4 is 10.6 Å². The highest BCUT2D eigenvalue weighted by Crippen LogP contribution is 2.26. The SMILES string of the molecule is CCc1cccc(C)c1Nc1ccc(NC)cc1. The Kier molecular flexibility index (Phi) is 3.88. The van der Waals surface area contributed by atoms with Crippen molar-refractivity contribution >= 4 is 17.1 Å². The lowest BCUT2D eigenvalue weighted by Crippen LogP contribution is -1.98. The van der Waals surface area contributed by atoms with Gasteiger partial charge >= 0.3 is 0 Å². The van der Waals surface area contributed by atoms with Crippen LogP contribution in [0, 0.1) is 6.92 Å². The van der Waals surface area contributed by atoms with Crippen molar-refractivity contribution in [1.82, 2.24) is 0 Å². The molecule has 0 saturated heterocycles. The van der Waals surface area contributed by atoms with Crippen LogP contribution in [0.25, 0.3) is 0 Å². The highest BCUT2D eigenvalue weighted by Gasteiger charge is 2.04. The molecule has 0 aliphatic rings. The first-order valence-corrected chi connectivity index (χ1v) is 6.38. The van der Waals surface area contributed by atoms with E-state index in [0.717, 1.165) is 17.8 Å². The summed E-state index contributed by atoms with van der Waals surface area (Å²) in [6.45, 7) is 4.33. The molecular formula is C16H20N2. The first-order valence-electron chi connectivity index (χ1n) is 6.38. The zero-order chi connectivity index (χ0) is 13.0. The molecule has 0 heterocycles. The van der Waals surface area contributed by atoms with Crippen molar-refractivity contribution < 1.29 is 0 Å². The van der Waals surface area contributed by atoms with Crippen molar-refractivity contribution in [2.24, 2.45) is 0 Å². The van der Waals surface area contributed by atoms with Crippen LogP contribution in [0.2, 0.25) is 0 Å². The summed E-state index contributed by atoms with van der Waals surface area (Å²) in [5.41, 5.74) is 6.12. The third kappa shape index (κ3) is 2.65. The summed E-state index contributed by atoms with van der Waals surface area (Å²) in [6, 6.07) is 14.8. The summed E-state index contributed by atoms with van der Waals surface area (Å²) < 4.78 is 0. The smallest absolute Gasteiger partial charge is 0.0446 e. The second kappa shape index (κ2) is 5.58. The largest absolute Gasteiger partial charge is 0.388 e. The summed E-state index contributed by atoms with van der Waals surface area (Å²) >= 11 is 0. The van der Waals surface area contributed by atoms with Crippen LogP contribution in [0.1, 0.15) is 18.1 Å². The lowest BCUT2D eigenvalue weighted by Gasteiger charge is -2.14. The number of hydrogen-bond acceptors (Lipinski definition) is 2. The molecule has 0 fully saturated rings. The number of anilines is 3. The Morgan fingerprint density at radius 3 is 2.22 bits per heavy atom. The third-order valence-electron chi connectivity index (χ3n) is 3.18. The Bertz CT molecular complexity index is 515. The maximum absolute atomic E-state index is 3.52. The summed E-state index contributed by atoms with van der Waals surface area (Å²) in [5.74, 6) is 0. The standard InChI is InChI=1S/C16H20N2/c1-4-13-7-5-6-12(2)16(13)18-15-10-8-14(17-3)9-11-15/h5-11,17-18H,4H2,1-3H3. The Balaban J connectivity index is 2.27. The van der Waals surface area contributed by atoms with E-state index in [1.165, 1.54) is 16.8 Å². The Labute approximate surface area is 109 Å². The Morgan fingerprint density at radius 1 is 0.944 bits per heavy atom. The van der Waals surface area contributed by atoms with Gasteiger partial charge in [-0.05, 0) is 48.7 Å². The molecule has 0 bridgehead atoms. The van der Waals surface area contributed by atoms with E-state index in [-0.39, 0.29) is 0 Å². The average molecular weight is 240 g/mol. The molecule has 2 N–H and O–H groups in total. The molecule has 0 aliphatic carbocycles. The van der Waals surface area contributed by atoms with Crippen LogP contribution >= 0.6 is 0 Å². The summed E-state index contributed by atoms with van der Waals surface area (Å²) in [5, 5.41) is 6.64. The van der Waals surface area contributed by atoms with Gasteiger partial charge in [0.05, 0.1) is 0 Å². The summed E-state index contributed by atoms with van der Waals surface area (Å²) in [4.78, 5) is 0. The van der Waals surface area contributed by atoms with E-state index in [1.54, 1.807) is 0 Å². The molecule has 0 spiro atoms. The van der Waals surface area contributed by atoms with Crippen LogP contribution in [0.3, 0.4) is 0 Å². The Morgan fingerprint density at radius 2 is 1.61 bits per heavy atom. The molecule has 0 amide bonds. The number of para-hydroxylation sites is 1. The number of rotatable bonds is 4. The molecule has 18 heavy (non-hydrogen) atoms. The molecule has 2 heteroatoms. The van der Waals surface area contributed by atoms with Gasteiger partial charge in [0.15, 0.2) is 0 Å². The lowest BCUT2D eigenvalue weighted by atomic mass is 10.1. The van der Waals surface area contributed by atoms with Crippen LogP contribution in [0.15, 0.2) is 42.5 Å². The van der Waals surface area contributed by atoms with Gasteiger partial charge < -0.3 is 10.6 Å². The first-order chi connectivity index (χ1) is 8.74. The fraction of sp³-hybridized carbons (Fsp3) is 0.250. The lowest BCUT2D eigenvalue weighted by molar-refractivity contribution is 1.13. The quantitative estimate of drug-likeness (QED) is 0.830. The predicted octanol–water partition coefficient (Wildman–Crippen LogP) is 4.34. The maximum Gasteiger partial charge on any atom is 0.0446 e. The van der Waals surface area contributed by atoms with Gasteiger partial charge in [-0.15, -0.1) is 0 Å². The van der Waals surface area contributed by atoms with Crippen molar-refractivity contribution in [1.29, 1.82) is 0 Å². The van der Waals surface area contributed by atoms with Gasteiger partial charge in [-0.25, -0.2) is 0 Å². The van der Waals surface area contributed by atoms with Gasteiger partial charge in [0.25, 0.3) is 0 Å². The number of benzene rings is 2. The monoisotopic (exact) mass is 240 g/mol. The van der Waals surface area contributed by atoms with Crippen molar-refractivity contribution in [3.05, 3.63) is 53.6 Å². The third-order valence-corrected chi connectivity index (χ3v) is 3.18. The topological polar surface area (TPSA) is 24.1 Å². The van der Waals surface area contributed by atoms with E-state index < -0.39 is 0 Å². The van der Waals surface area contributed by atoms with E-state index in [0.29, 0.717) is 0 Å². The molecule has 2 nitrogen and oxygen atoms in total.